The summed E-state index contributed by atoms with van der Waals surface area (Å²) in [7, 11) is 2.21. The Balaban J connectivity index is 1.46. The minimum atomic E-state index is 0.739. The van der Waals surface area contributed by atoms with Gasteiger partial charge in [0.1, 0.15) is 10.9 Å². The van der Waals surface area contributed by atoms with E-state index in [0.29, 0.717) is 0 Å². The van der Waals surface area contributed by atoms with Crippen LogP contribution in [0.5, 0.6) is 0 Å². The molecule has 0 radical (unpaired) electrons. The predicted molar refractivity (Wildman–Crippen MR) is 95.6 cm³/mol. The van der Waals surface area contributed by atoms with E-state index in [0.717, 1.165) is 43.5 Å². The lowest BCUT2D eigenvalue weighted by molar-refractivity contribution is 0.256. The summed E-state index contributed by atoms with van der Waals surface area (Å²) in [5.74, 6) is 0.739. The number of hydrogen-bond donors (Lipinski definition) is 0. The van der Waals surface area contributed by atoms with Gasteiger partial charge in [0.05, 0.1) is 11.2 Å². The van der Waals surface area contributed by atoms with Crippen LogP contribution in [0.25, 0.3) is 0 Å². The predicted octanol–water partition coefficient (Wildman–Crippen LogP) is 3.34. The van der Waals surface area contributed by atoms with Crippen LogP contribution in [0.15, 0.2) is 17.6 Å². The van der Waals surface area contributed by atoms with Crippen LogP contribution in [0.2, 0.25) is 0 Å². The van der Waals surface area contributed by atoms with Crippen LogP contribution < -0.4 is 0 Å². The number of thiazole rings is 1. The topological polar surface area (TPSA) is 43.2 Å². The van der Waals surface area contributed by atoms with Crippen molar-refractivity contribution in [3.63, 3.8) is 0 Å². The van der Waals surface area contributed by atoms with E-state index in [1.807, 2.05) is 11.6 Å². The van der Waals surface area contributed by atoms with Crippen molar-refractivity contribution in [2.24, 2.45) is 5.92 Å². The van der Waals surface area contributed by atoms with Crippen LogP contribution >= 0.6 is 22.7 Å². The summed E-state index contributed by atoms with van der Waals surface area (Å²) in [5.41, 5.74) is 3.10. The lowest BCUT2D eigenvalue weighted by Gasteiger charge is -2.21. The molecule has 0 amide bonds. The van der Waals surface area contributed by atoms with Crippen LogP contribution in [-0.4, -0.2) is 41.5 Å². The molecule has 0 bridgehead atoms. The highest BCUT2D eigenvalue weighted by Gasteiger charge is 2.24. The van der Waals surface area contributed by atoms with E-state index in [1.54, 1.807) is 22.7 Å². The Morgan fingerprint density at radius 3 is 3.04 bits per heavy atom. The van der Waals surface area contributed by atoms with Gasteiger partial charge in [-0.05, 0) is 45.0 Å². The quantitative estimate of drug-likeness (QED) is 0.804. The van der Waals surface area contributed by atoms with Gasteiger partial charge in [0.2, 0.25) is 0 Å². The third-order valence-corrected chi connectivity index (χ3v) is 6.24. The van der Waals surface area contributed by atoms with Crippen LogP contribution in [0.4, 0.5) is 0 Å². The lowest BCUT2D eigenvalue weighted by atomic mass is 10.1. The highest BCUT2D eigenvalue weighted by Crippen LogP contribution is 2.24. The molecule has 1 aliphatic heterocycles. The Labute approximate surface area is 146 Å². The van der Waals surface area contributed by atoms with Crippen molar-refractivity contribution in [1.82, 2.24) is 14.8 Å². The van der Waals surface area contributed by atoms with Gasteiger partial charge in [-0.15, -0.1) is 22.7 Å². The molecule has 1 aliphatic rings. The number of likely N-dealkylation sites (tertiary alicyclic amines) is 1. The molecule has 3 rings (SSSR count). The number of aryl methyl sites for hydroxylation is 1. The molecule has 2 aromatic rings. The zero-order valence-electron chi connectivity index (χ0n) is 13.7. The fourth-order valence-electron chi connectivity index (χ4n) is 3.18. The van der Waals surface area contributed by atoms with Crippen LogP contribution in [0.1, 0.15) is 26.7 Å². The van der Waals surface area contributed by atoms with E-state index in [-0.39, 0.29) is 0 Å². The molecule has 23 heavy (non-hydrogen) atoms. The van der Waals surface area contributed by atoms with Crippen molar-refractivity contribution < 1.29 is 0 Å². The maximum absolute atomic E-state index is 8.92. The molecule has 0 N–H and O–H groups in total. The first kappa shape index (κ1) is 16.6. The van der Waals surface area contributed by atoms with E-state index < -0.39 is 0 Å². The van der Waals surface area contributed by atoms with Gasteiger partial charge in [-0.25, -0.2) is 4.98 Å². The van der Waals surface area contributed by atoms with E-state index in [1.165, 1.54) is 21.9 Å². The number of nitriles is 1. The van der Waals surface area contributed by atoms with E-state index in [4.69, 9.17) is 5.26 Å². The monoisotopic (exact) mass is 346 g/mol. The van der Waals surface area contributed by atoms with Crippen molar-refractivity contribution in [2.45, 2.75) is 26.4 Å². The smallest absolute Gasteiger partial charge is 0.110 e. The maximum Gasteiger partial charge on any atom is 0.110 e. The number of hydrogen-bond acceptors (Lipinski definition) is 6. The fourth-order valence-corrected chi connectivity index (χ4v) is 4.88. The van der Waals surface area contributed by atoms with Crippen molar-refractivity contribution in [3.8, 4) is 6.07 Å². The molecule has 0 unspecified atom stereocenters. The molecule has 1 saturated heterocycles. The second kappa shape index (κ2) is 7.54. The molecule has 3 heterocycles. The number of nitrogens with zero attached hydrogens (tertiary/aromatic N) is 4. The van der Waals surface area contributed by atoms with Gasteiger partial charge in [0.25, 0.3) is 0 Å². The molecule has 0 saturated carbocycles. The lowest BCUT2D eigenvalue weighted by Crippen LogP contribution is -2.27. The molecular formula is C17H22N4S2. The van der Waals surface area contributed by atoms with E-state index in [2.05, 4.69) is 40.9 Å². The first-order valence-corrected chi connectivity index (χ1v) is 9.62. The minimum absolute atomic E-state index is 0.739. The molecule has 1 atom stereocenters. The highest BCUT2D eigenvalue weighted by molar-refractivity contribution is 7.12. The number of aromatic nitrogens is 1. The van der Waals surface area contributed by atoms with Crippen molar-refractivity contribution in [3.05, 3.63) is 38.0 Å². The van der Waals surface area contributed by atoms with E-state index >= 15 is 0 Å². The molecule has 2 aromatic heterocycles. The number of rotatable bonds is 6. The zero-order chi connectivity index (χ0) is 16.2. The Morgan fingerprint density at radius 1 is 1.48 bits per heavy atom. The molecule has 0 aromatic carbocycles. The summed E-state index contributed by atoms with van der Waals surface area (Å²) in [6.45, 7) is 7.54. The summed E-state index contributed by atoms with van der Waals surface area (Å²) in [5, 5.41) is 8.92. The molecular weight excluding hydrogens is 324 g/mol. The first-order chi connectivity index (χ1) is 11.1. The molecule has 122 valence electrons. The Kier molecular flexibility index (Phi) is 5.44. The summed E-state index contributed by atoms with van der Waals surface area (Å²) >= 11 is 3.37. The van der Waals surface area contributed by atoms with Gasteiger partial charge in [0.15, 0.2) is 0 Å². The number of thiophene rings is 1. The summed E-state index contributed by atoms with van der Waals surface area (Å²) in [6.07, 6.45) is 1.27. The maximum atomic E-state index is 8.92. The van der Waals surface area contributed by atoms with Gasteiger partial charge in [-0.1, -0.05) is 0 Å². The van der Waals surface area contributed by atoms with Crippen molar-refractivity contribution >= 4 is 22.7 Å². The van der Waals surface area contributed by atoms with Crippen LogP contribution in [0.3, 0.4) is 0 Å². The standard InChI is InChI=1S/C17H22N4S2/c1-13-17(22-12-19-13)11-20(2)8-14-5-6-21(9-14)10-16-4-3-15(7-18)23-16/h3-4,12,14H,5-6,8-11H2,1-2H3/t14-/m0/s1. The van der Waals surface area contributed by atoms with Gasteiger partial charge in [0, 0.05) is 35.9 Å². The van der Waals surface area contributed by atoms with Gasteiger partial charge in [-0.2, -0.15) is 5.26 Å². The average Bonchev–Trinajstić information content (AvgIpc) is 3.23. The zero-order valence-corrected chi connectivity index (χ0v) is 15.3. The normalized spacial score (nSPS) is 18.6. The molecule has 6 heteroatoms. The molecule has 0 spiro atoms. The van der Waals surface area contributed by atoms with Gasteiger partial charge >= 0.3 is 0 Å². The third kappa shape index (κ3) is 4.39. The Morgan fingerprint density at radius 2 is 2.35 bits per heavy atom. The molecule has 0 aliphatic carbocycles. The molecule has 1 fully saturated rings. The third-order valence-electron chi connectivity index (χ3n) is 4.35. The van der Waals surface area contributed by atoms with Gasteiger partial charge < -0.3 is 4.90 Å². The van der Waals surface area contributed by atoms with Crippen LogP contribution in [0, 0.1) is 24.2 Å². The summed E-state index contributed by atoms with van der Waals surface area (Å²) in [4.78, 5) is 12.8. The second-order valence-corrected chi connectivity index (χ2v) is 8.43. The largest absolute Gasteiger partial charge is 0.301 e. The van der Waals surface area contributed by atoms with E-state index in [9.17, 15) is 0 Å². The second-order valence-electron chi connectivity index (χ2n) is 6.33. The van der Waals surface area contributed by atoms with Crippen molar-refractivity contribution in [1.29, 1.82) is 5.26 Å². The first-order valence-electron chi connectivity index (χ1n) is 7.92. The Hall–Kier alpha value is -1.26. The summed E-state index contributed by atoms with van der Waals surface area (Å²) in [6, 6.07) is 6.24. The van der Waals surface area contributed by atoms with Gasteiger partial charge in [-0.3, -0.25) is 4.90 Å². The van der Waals surface area contributed by atoms with Crippen molar-refractivity contribution in [2.75, 3.05) is 26.7 Å². The Bertz CT molecular complexity index is 685. The minimum Gasteiger partial charge on any atom is -0.301 e. The fraction of sp³-hybridized carbons (Fsp3) is 0.529. The average molecular weight is 347 g/mol. The highest BCUT2D eigenvalue weighted by atomic mass is 32.1. The van der Waals surface area contributed by atoms with Crippen LogP contribution in [-0.2, 0) is 13.1 Å². The summed E-state index contributed by atoms with van der Waals surface area (Å²) < 4.78 is 0. The SMILES string of the molecule is Cc1ncsc1CN(C)C[C@@H]1CCN(Cc2ccc(C#N)s2)C1. The molecule has 4 nitrogen and oxygen atoms in total.